The molecule has 2 bridgehead atoms. The Bertz CT molecular complexity index is 413. The average Bonchev–Trinajstić information content (AvgIpc) is 2.76. The van der Waals surface area contributed by atoms with Crippen molar-refractivity contribution in [1.29, 1.82) is 0 Å². The van der Waals surface area contributed by atoms with Crippen LogP contribution in [0.3, 0.4) is 0 Å². The molecule has 0 radical (unpaired) electrons. The normalized spacial score (nSPS) is 30.7. The Labute approximate surface area is 110 Å². The molecule has 1 N–H and O–H groups in total. The minimum Gasteiger partial charge on any atom is -0.382 e. The first-order valence-electron chi connectivity index (χ1n) is 7.31. The highest BCUT2D eigenvalue weighted by Gasteiger charge is 2.33. The molecule has 0 saturated carbocycles. The zero-order valence-electron chi connectivity index (χ0n) is 11.5. The topological polar surface area (TPSA) is 15.3 Å². The molecule has 0 spiro atoms. The highest BCUT2D eigenvalue weighted by atomic mass is 15.2. The molecule has 98 valence electrons. The lowest BCUT2D eigenvalue weighted by atomic mass is 9.93. The van der Waals surface area contributed by atoms with Crippen LogP contribution in [0.1, 0.15) is 38.2 Å². The van der Waals surface area contributed by atoms with Crippen molar-refractivity contribution in [2.24, 2.45) is 5.92 Å². The molecule has 0 amide bonds. The van der Waals surface area contributed by atoms with Crippen LogP contribution in [0.5, 0.6) is 0 Å². The number of benzene rings is 1. The summed E-state index contributed by atoms with van der Waals surface area (Å²) in [4.78, 5) is 2.60. The van der Waals surface area contributed by atoms with E-state index in [1.165, 1.54) is 43.7 Å². The van der Waals surface area contributed by atoms with Crippen molar-refractivity contribution < 1.29 is 0 Å². The third-order valence-electron chi connectivity index (χ3n) is 4.54. The molecule has 2 heteroatoms. The van der Waals surface area contributed by atoms with Crippen LogP contribution in [0.4, 0.5) is 5.69 Å². The Balaban J connectivity index is 1.70. The molecule has 3 unspecified atom stereocenters. The van der Waals surface area contributed by atoms with E-state index >= 15 is 0 Å². The molecule has 18 heavy (non-hydrogen) atoms. The SMILES string of the molecule is CC(C)c1cccc(NC2CCN3CCC2C3)c1. The smallest absolute Gasteiger partial charge is 0.0345 e. The molecule has 1 aromatic carbocycles. The number of anilines is 1. The van der Waals surface area contributed by atoms with Gasteiger partial charge in [0.05, 0.1) is 0 Å². The standard InChI is InChI=1S/C16H24N2/c1-12(2)13-4-3-5-15(10-13)17-16-7-9-18-8-6-14(16)11-18/h3-5,10,12,14,16-17H,6-9,11H2,1-2H3. The summed E-state index contributed by atoms with van der Waals surface area (Å²) in [7, 11) is 0. The van der Waals surface area contributed by atoms with E-state index in [2.05, 4.69) is 48.3 Å². The van der Waals surface area contributed by atoms with Gasteiger partial charge >= 0.3 is 0 Å². The maximum Gasteiger partial charge on any atom is 0.0345 e. The van der Waals surface area contributed by atoms with E-state index < -0.39 is 0 Å². The Morgan fingerprint density at radius 3 is 2.89 bits per heavy atom. The molecular formula is C16H24N2. The summed E-state index contributed by atoms with van der Waals surface area (Å²) in [5, 5.41) is 3.78. The lowest BCUT2D eigenvalue weighted by Crippen LogP contribution is -2.39. The second-order valence-corrected chi connectivity index (χ2v) is 6.17. The highest BCUT2D eigenvalue weighted by molar-refractivity contribution is 5.47. The molecule has 2 aliphatic heterocycles. The lowest BCUT2D eigenvalue weighted by molar-refractivity contribution is 0.255. The number of rotatable bonds is 3. The molecule has 3 rings (SSSR count). The summed E-state index contributed by atoms with van der Waals surface area (Å²) in [5.41, 5.74) is 2.75. The van der Waals surface area contributed by atoms with Gasteiger partial charge in [-0.25, -0.2) is 0 Å². The van der Waals surface area contributed by atoms with E-state index in [9.17, 15) is 0 Å². The van der Waals surface area contributed by atoms with E-state index in [0.717, 1.165) is 5.92 Å². The van der Waals surface area contributed by atoms with Crippen molar-refractivity contribution >= 4 is 5.69 Å². The fourth-order valence-corrected chi connectivity index (χ4v) is 3.34. The first-order valence-corrected chi connectivity index (χ1v) is 7.31. The molecule has 2 aliphatic rings. The van der Waals surface area contributed by atoms with Gasteiger partial charge in [-0.1, -0.05) is 26.0 Å². The zero-order chi connectivity index (χ0) is 12.5. The molecule has 3 atom stereocenters. The van der Waals surface area contributed by atoms with Gasteiger partial charge in [0.1, 0.15) is 0 Å². The van der Waals surface area contributed by atoms with Crippen molar-refractivity contribution in [1.82, 2.24) is 4.90 Å². The third kappa shape index (κ3) is 2.39. The van der Waals surface area contributed by atoms with E-state index in [1.807, 2.05) is 0 Å². The molecule has 2 saturated heterocycles. The van der Waals surface area contributed by atoms with Crippen molar-refractivity contribution in [3.63, 3.8) is 0 Å². The fourth-order valence-electron chi connectivity index (χ4n) is 3.34. The number of fused-ring (bicyclic) bond motifs is 2. The van der Waals surface area contributed by atoms with Gasteiger partial charge in [-0.05, 0) is 48.9 Å². The molecule has 0 aliphatic carbocycles. The minimum absolute atomic E-state index is 0.611. The Morgan fingerprint density at radius 1 is 1.22 bits per heavy atom. The molecule has 2 heterocycles. The number of nitrogens with zero attached hydrogens (tertiary/aromatic N) is 1. The third-order valence-corrected chi connectivity index (χ3v) is 4.54. The largest absolute Gasteiger partial charge is 0.382 e. The van der Waals surface area contributed by atoms with Gasteiger partial charge in [0, 0.05) is 24.8 Å². The first kappa shape index (κ1) is 12.0. The van der Waals surface area contributed by atoms with Crippen LogP contribution in [0.2, 0.25) is 0 Å². The molecular weight excluding hydrogens is 220 g/mol. The highest BCUT2D eigenvalue weighted by Crippen LogP contribution is 2.30. The van der Waals surface area contributed by atoms with Crippen LogP contribution in [0.15, 0.2) is 24.3 Å². The molecule has 1 aromatic rings. The predicted molar refractivity (Wildman–Crippen MR) is 77.1 cm³/mol. The van der Waals surface area contributed by atoms with Crippen molar-refractivity contribution in [3.05, 3.63) is 29.8 Å². The van der Waals surface area contributed by atoms with Gasteiger partial charge in [0.2, 0.25) is 0 Å². The maximum absolute atomic E-state index is 3.78. The summed E-state index contributed by atoms with van der Waals surface area (Å²) in [6.07, 6.45) is 2.68. The van der Waals surface area contributed by atoms with Gasteiger partial charge in [-0.3, -0.25) is 0 Å². The van der Waals surface area contributed by atoms with Crippen LogP contribution in [-0.2, 0) is 0 Å². The number of hydrogen-bond acceptors (Lipinski definition) is 2. The summed E-state index contributed by atoms with van der Waals surface area (Å²) >= 11 is 0. The fraction of sp³-hybridized carbons (Fsp3) is 0.625. The molecule has 0 aromatic heterocycles. The van der Waals surface area contributed by atoms with E-state index in [0.29, 0.717) is 12.0 Å². The van der Waals surface area contributed by atoms with Crippen LogP contribution < -0.4 is 5.32 Å². The van der Waals surface area contributed by atoms with Crippen molar-refractivity contribution in [2.45, 2.75) is 38.6 Å². The lowest BCUT2D eigenvalue weighted by Gasteiger charge is -2.31. The monoisotopic (exact) mass is 244 g/mol. The van der Waals surface area contributed by atoms with Gasteiger partial charge in [0.25, 0.3) is 0 Å². The Morgan fingerprint density at radius 2 is 2.06 bits per heavy atom. The number of piperidine rings is 1. The summed E-state index contributed by atoms with van der Waals surface area (Å²) in [6, 6.07) is 9.64. The summed E-state index contributed by atoms with van der Waals surface area (Å²) in [5.74, 6) is 1.47. The second kappa shape index (κ2) is 4.93. The summed E-state index contributed by atoms with van der Waals surface area (Å²) < 4.78 is 0. The number of nitrogens with one attached hydrogen (secondary N) is 1. The summed E-state index contributed by atoms with van der Waals surface area (Å²) in [6.45, 7) is 8.41. The van der Waals surface area contributed by atoms with E-state index in [1.54, 1.807) is 0 Å². The average molecular weight is 244 g/mol. The van der Waals surface area contributed by atoms with Crippen molar-refractivity contribution in [2.75, 3.05) is 25.0 Å². The van der Waals surface area contributed by atoms with E-state index in [-0.39, 0.29) is 0 Å². The van der Waals surface area contributed by atoms with Crippen LogP contribution in [0, 0.1) is 5.92 Å². The molecule has 2 fully saturated rings. The second-order valence-electron chi connectivity index (χ2n) is 6.17. The zero-order valence-corrected chi connectivity index (χ0v) is 11.5. The maximum atomic E-state index is 3.78. The van der Waals surface area contributed by atoms with Gasteiger partial charge in [-0.15, -0.1) is 0 Å². The van der Waals surface area contributed by atoms with Crippen LogP contribution in [-0.4, -0.2) is 30.6 Å². The number of hydrogen-bond donors (Lipinski definition) is 1. The van der Waals surface area contributed by atoms with Gasteiger partial charge < -0.3 is 10.2 Å². The first-order chi connectivity index (χ1) is 8.72. The van der Waals surface area contributed by atoms with Crippen LogP contribution in [0.25, 0.3) is 0 Å². The van der Waals surface area contributed by atoms with Crippen molar-refractivity contribution in [3.8, 4) is 0 Å². The van der Waals surface area contributed by atoms with Gasteiger partial charge in [0.15, 0.2) is 0 Å². The molecule has 2 nitrogen and oxygen atoms in total. The van der Waals surface area contributed by atoms with Crippen LogP contribution >= 0.6 is 0 Å². The Kier molecular flexibility index (Phi) is 3.29. The van der Waals surface area contributed by atoms with Gasteiger partial charge in [-0.2, -0.15) is 0 Å². The minimum atomic E-state index is 0.611. The quantitative estimate of drug-likeness (QED) is 0.877. The predicted octanol–water partition coefficient (Wildman–Crippen LogP) is 3.32. The van der Waals surface area contributed by atoms with E-state index in [4.69, 9.17) is 0 Å². The Hall–Kier alpha value is -1.02.